The Hall–Kier alpha value is -1.94. The second kappa shape index (κ2) is 7.01. The maximum atomic E-state index is 11.7. The van der Waals surface area contributed by atoms with Gasteiger partial charge in [0.05, 0.1) is 13.5 Å². The summed E-state index contributed by atoms with van der Waals surface area (Å²) in [6.45, 7) is 0.271. The fourth-order valence-corrected chi connectivity index (χ4v) is 1.87. The maximum absolute atomic E-state index is 11.7. The second-order valence-corrected chi connectivity index (χ2v) is 4.87. The molecule has 0 aromatic heterocycles. The molecule has 0 bridgehead atoms. The van der Waals surface area contributed by atoms with E-state index in [0.717, 1.165) is 21.8 Å². The lowest BCUT2D eigenvalue weighted by Crippen LogP contribution is -2.07. The molecule has 0 radical (unpaired) electrons. The van der Waals surface area contributed by atoms with Crippen molar-refractivity contribution in [3.05, 3.63) is 59.7 Å². The van der Waals surface area contributed by atoms with Crippen LogP contribution in [0.3, 0.4) is 0 Å². The zero-order valence-corrected chi connectivity index (χ0v) is 12.1. The summed E-state index contributed by atoms with van der Waals surface area (Å²) in [6, 6.07) is 14.9. The molecule has 0 amide bonds. The molecule has 0 aliphatic rings. The number of carbonyl (C=O) groups is 1. The summed E-state index contributed by atoms with van der Waals surface area (Å²) in [7, 11) is 1.62. The molecule has 0 heterocycles. The van der Waals surface area contributed by atoms with Crippen LogP contribution >= 0.6 is 12.6 Å². The van der Waals surface area contributed by atoms with E-state index in [1.807, 2.05) is 48.5 Å². The molecule has 0 aliphatic carbocycles. The number of rotatable bonds is 5. The van der Waals surface area contributed by atoms with Gasteiger partial charge in [0, 0.05) is 4.90 Å². The van der Waals surface area contributed by atoms with Gasteiger partial charge in [-0.25, -0.2) is 0 Å². The number of benzene rings is 2. The molecule has 20 heavy (non-hydrogen) atoms. The molecule has 0 fully saturated rings. The molecule has 104 valence electrons. The van der Waals surface area contributed by atoms with Crippen LogP contribution in [-0.4, -0.2) is 13.1 Å². The summed E-state index contributed by atoms with van der Waals surface area (Å²) in [6.07, 6.45) is 0.268. The van der Waals surface area contributed by atoms with Gasteiger partial charge < -0.3 is 9.47 Å². The number of carbonyl (C=O) groups excluding carboxylic acids is 1. The van der Waals surface area contributed by atoms with Gasteiger partial charge in [0.1, 0.15) is 12.4 Å². The van der Waals surface area contributed by atoms with E-state index in [1.54, 1.807) is 7.11 Å². The zero-order valence-electron chi connectivity index (χ0n) is 11.2. The van der Waals surface area contributed by atoms with Crippen LogP contribution in [0.5, 0.6) is 5.75 Å². The molecule has 2 rings (SSSR count). The molecule has 2 aromatic rings. The maximum Gasteiger partial charge on any atom is 0.310 e. The van der Waals surface area contributed by atoms with Crippen molar-refractivity contribution in [1.82, 2.24) is 0 Å². The average molecular weight is 288 g/mol. The number of methoxy groups -OCH3 is 1. The number of esters is 1. The molecule has 3 nitrogen and oxygen atoms in total. The van der Waals surface area contributed by atoms with Gasteiger partial charge in [-0.2, -0.15) is 0 Å². The fraction of sp³-hybridized carbons (Fsp3) is 0.188. The monoisotopic (exact) mass is 288 g/mol. The first-order valence-electron chi connectivity index (χ1n) is 6.24. The standard InChI is InChI=1S/C16H16O3S/c1-18-14-6-2-13(3-7-14)11-19-16(17)10-12-4-8-15(20)9-5-12/h2-9,20H,10-11H2,1H3. The highest BCUT2D eigenvalue weighted by atomic mass is 32.1. The number of thiol groups is 1. The lowest BCUT2D eigenvalue weighted by molar-refractivity contribution is -0.144. The minimum absolute atomic E-state index is 0.243. The van der Waals surface area contributed by atoms with Crippen LogP contribution in [0.4, 0.5) is 0 Å². The molecular formula is C16H16O3S. The van der Waals surface area contributed by atoms with E-state index < -0.39 is 0 Å². The molecular weight excluding hydrogens is 272 g/mol. The van der Waals surface area contributed by atoms with Crippen LogP contribution in [0.1, 0.15) is 11.1 Å². The Labute approximate surface area is 123 Å². The molecule has 0 atom stereocenters. The molecule has 0 unspecified atom stereocenters. The Morgan fingerprint density at radius 3 is 2.20 bits per heavy atom. The van der Waals surface area contributed by atoms with Crippen molar-refractivity contribution in [2.45, 2.75) is 17.9 Å². The van der Waals surface area contributed by atoms with Gasteiger partial charge in [0.25, 0.3) is 0 Å². The van der Waals surface area contributed by atoms with E-state index in [9.17, 15) is 4.79 Å². The Bertz CT molecular complexity index is 561. The van der Waals surface area contributed by atoms with Crippen LogP contribution in [0.2, 0.25) is 0 Å². The molecule has 2 aromatic carbocycles. The quantitative estimate of drug-likeness (QED) is 0.677. The predicted octanol–water partition coefficient (Wildman–Crippen LogP) is 3.27. The van der Waals surface area contributed by atoms with Gasteiger partial charge in [-0.3, -0.25) is 4.79 Å². The second-order valence-electron chi connectivity index (χ2n) is 4.35. The van der Waals surface area contributed by atoms with Gasteiger partial charge in [0.15, 0.2) is 0 Å². The van der Waals surface area contributed by atoms with Crippen molar-refractivity contribution in [3.63, 3.8) is 0 Å². The fourth-order valence-electron chi connectivity index (χ4n) is 1.72. The van der Waals surface area contributed by atoms with E-state index in [2.05, 4.69) is 12.6 Å². The number of hydrogen-bond donors (Lipinski definition) is 1. The smallest absolute Gasteiger partial charge is 0.310 e. The zero-order chi connectivity index (χ0) is 14.4. The molecule has 0 saturated heterocycles. The number of hydrogen-bond acceptors (Lipinski definition) is 4. The Kier molecular flexibility index (Phi) is 5.07. The predicted molar refractivity (Wildman–Crippen MR) is 80.2 cm³/mol. The van der Waals surface area contributed by atoms with E-state index in [-0.39, 0.29) is 19.0 Å². The largest absolute Gasteiger partial charge is 0.497 e. The van der Waals surface area contributed by atoms with Crippen LogP contribution < -0.4 is 4.74 Å². The first-order chi connectivity index (χ1) is 9.67. The van der Waals surface area contributed by atoms with E-state index in [4.69, 9.17) is 9.47 Å². The summed E-state index contributed by atoms with van der Waals surface area (Å²) in [5, 5.41) is 0. The summed E-state index contributed by atoms with van der Waals surface area (Å²) in [5.74, 6) is 0.541. The van der Waals surface area contributed by atoms with Crippen molar-refractivity contribution in [3.8, 4) is 5.75 Å². The Morgan fingerprint density at radius 2 is 1.60 bits per heavy atom. The van der Waals surface area contributed by atoms with Gasteiger partial charge in [0.2, 0.25) is 0 Å². The van der Waals surface area contributed by atoms with Crippen molar-refractivity contribution < 1.29 is 14.3 Å². The van der Waals surface area contributed by atoms with E-state index in [1.165, 1.54) is 0 Å². The van der Waals surface area contributed by atoms with Crippen molar-refractivity contribution in [1.29, 1.82) is 0 Å². The third kappa shape index (κ3) is 4.31. The highest BCUT2D eigenvalue weighted by molar-refractivity contribution is 7.80. The molecule has 0 spiro atoms. The SMILES string of the molecule is COc1ccc(COC(=O)Cc2ccc(S)cc2)cc1. The van der Waals surface area contributed by atoms with Gasteiger partial charge in [-0.1, -0.05) is 24.3 Å². The van der Waals surface area contributed by atoms with Crippen molar-refractivity contribution >= 4 is 18.6 Å². The Balaban J connectivity index is 1.83. The molecule has 0 N–H and O–H groups in total. The van der Waals surface area contributed by atoms with Gasteiger partial charge >= 0.3 is 5.97 Å². The summed E-state index contributed by atoms with van der Waals surface area (Å²) >= 11 is 4.20. The van der Waals surface area contributed by atoms with E-state index >= 15 is 0 Å². The van der Waals surface area contributed by atoms with Gasteiger partial charge in [-0.05, 0) is 35.4 Å². The minimum Gasteiger partial charge on any atom is -0.497 e. The summed E-state index contributed by atoms with van der Waals surface area (Å²) < 4.78 is 10.3. The van der Waals surface area contributed by atoms with Crippen LogP contribution in [0.15, 0.2) is 53.4 Å². The first kappa shape index (κ1) is 14.5. The average Bonchev–Trinajstić information content (AvgIpc) is 2.48. The molecule has 4 heteroatoms. The Morgan fingerprint density at radius 1 is 1.00 bits per heavy atom. The van der Waals surface area contributed by atoms with Crippen molar-refractivity contribution in [2.75, 3.05) is 7.11 Å². The third-order valence-corrected chi connectivity index (χ3v) is 3.14. The summed E-state index contributed by atoms with van der Waals surface area (Å²) in [4.78, 5) is 12.6. The lowest BCUT2D eigenvalue weighted by atomic mass is 10.1. The first-order valence-corrected chi connectivity index (χ1v) is 6.68. The highest BCUT2D eigenvalue weighted by Gasteiger charge is 2.05. The third-order valence-electron chi connectivity index (χ3n) is 2.84. The van der Waals surface area contributed by atoms with Crippen molar-refractivity contribution in [2.24, 2.45) is 0 Å². The topological polar surface area (TPSA) is 35.5 Å². The molecule has 0 saturated carbocycles. The lowest BCUT2D eigenvalue weighted by Gasteiger charge is -2.06. The normalized spacial score (nSPS) is 10.1. The van der Waals surface area contributed by atoms with Crippen LogP contribution in [0.25, 0.3) is 0 Å². The highest BCUT2D eigenvalue weighted by Crippen LogP contribution is 2.13. The van der Waals surface area contributed by atoms with E-state index in [0.29, 0.717) is 0 Å². The minimum atomic E-state index is -0.243. The molecule has 0 aliphatic heterocycles. The van der Waals surface area contributed by atoms with Crippen LogP contribution in [-0.2, 0) is 22.6 Å². The summed E-state index contributed by atoms with van der Waals surface area (Å²) in [5.41, 5.74) is 1.85. The number of ether oxygens (including phenoxy) is 2. The van der Waals surface area contributed by atoms with Gasteiger partial charge in [-0.15, -0.1) is 12.6 Å². The van der Waals surface area contributed by atoms with Crippen LogP contribution in [0, 0.1) is 0 Å².